The summed E-state index contributed by atoms with van der Waals surface area (Å²) in [4.78, 5) is 0. The minimum absolute atomic E-state index is 0. The largest absolute Gasteiger partial charge is 0.394 e. The van der Waals surface area contributed by atoms with Gasteiger partial charge in [-0.3, -0.25) is 0 Å². The van der Waals surface area contributed by atoms with Crippen LogP contribution in [0.1, 0.15) is 6.42 Å². The lowest BCUT2D eigenvalue weighted by Crippen LogP contribution is -2.20. The van der Waals surface area contributed by atoms with Gasteiger partial charge in [-0.25, -0.2) is 0 Å². The van der Waals surface area contributed by atoms with E-state index in [1.807, 2.05) is 0 Å². The molecule has 3 atom stereocenters. The molecule has 2 aliphatic heterocycles. The molecular formula is C7H14ClNO2. The van der Waals surface area contributed by atoms with E-state index < -0.39 is 0 Å². The van der Waals surface area contributed by atoms with Crippen molar-refractivity contribution in [3.63, 3.8) is 0 Å². The molecule has 11 heavy (non-hydrogen) atoms. The number of hydrogen-bond donors (Lipinski definition) is 2. The van der Waals surface area contributed by atoms with Crippen molar-refractivity contribution in [2.75, 3.05) is 19.7 Å². The van der Waals surface area contributed by atoms with Crippen molar-refractivity contribution in [1.29, 1.82) is 0 Å². The zero-order valence-corrected chi connectivity index (χ0v) is 7.14. The summed E-state index contributed by atoms with van der Waals surface area (Å²) in [7, 11) is 0. The van der Waals surface area contributed by atoms with E-state index in [0.29, 0.717) is 12.0 Å². The van der Waals surface area contributed by atoms with Gasteiger partial charge in [-0.05, 0) is 6.42 Å². The zero-order chi connectivity index (χ0) is 6.97. The molecule has 0 aromatic rings. The minimum Gasteiger partial charge on any atom is -0.394 e. The third-order valence-electron chi connectivity index (χ3n) is 2.41. The maximum Gasteiger partial charge on any atom is 0.0814 e. The van der Waals surface area contributed by atoms with Crippen LogP contribution in [0, 0.1) is 5.92 Å². The third kappa shape index (κ3) is 1.67. The lowest BCUT2D eigenvalue weighted by atomic mass is 10.0. The molecule has 4 heteroatoms. The van der Waals surface area contributed by atoms with Crippen molar-refractivity contribution in [1.82, 2.24) is 5.32 Å². The Bertz CT molecular complexity index is 122. The predicted molar refractivity (Wildman–Crippen MR) is 44.0 cm³/mol. The van der Waals surface area contributed by atoms with Crippen molar-refractivity contribution in [2.45, 2.75) is 18.6 Å². The molecule has 66 valence electrons. The summed E-state index contributed by atoms with van der Waals surface area (Å²) < 4.78 is 5.52. The number of halogens is 1. The van der Waals surface area contributed by atoms with Crippen molar-refractivity contribution in [3.8, 4) is 0 Å². The lowest BCUT2D eigenvalue weighted by Gasteiger charge is -2.07. The second kappa shape index (κ2) is 3.72. The SMILES string of the molecule is Cl.OCC1CC2CNCC2O1. The fraction of sp³-hybridized carbons (Fsp3) is 1.00. The molecule has 0 amide bonds. The fourth-order valence-electron chi connectivity index (χ4n) is 1.86. The van der Waals surface area contributed by atoms with Gasteiger partial charge in [0.15, 0.2) is 0 Å². The first-order chi connectivity index (χ1) is 4.90. The van der Waals surface area contributed by atoms with Gasteiger partial charge in [0.2, 0.25) is 0 Å². The number of hydrogen-bond acceptors (Lipinski definition) is 3. The summed E-state index contributed by atoms with van der Waals surface area (Å²) in [6.07, 6.45) is 1.54. The Morgan fingerprint density at radius 1 is 1.45 bits per heavy atom. The van der Waals surface area contributed by atoms with E-state index in [-0.39, 0.29) is 25.1 Å². The zero-order valence-electron chi connectivity index (χ0n) is 6.32. The van der Waals surface area contributed by atoms with Gasteiger partial charge in [0, 0.05) is 19.0 Å². The Labute approximate surface area is 72.5 Å². The van der Waals surface area contributed by atoms with Crippen molar-refractivity contribution < 1.29 is 9.84 Å². The molecule has 2 saturated heterocycles. The van der Waals surface area contributed by atoms with Gasteiger partial charge in [0.1, 0.15) is 0 Å². The minimum atomic E-state index is 0. The summed E-state index contributed by atoms with van der Waals surface area (Å²) in [5, 5.41) is 12.0. The van der Waals surface area contributed by atoms with Crippen LogP contribution in [0.2, 0.25) is 0 Å². The van der Waals surface area contributed by atoms with Crippen molar-refractivity contribution >= 4 is 12.4 Å². The first-order valence-electron chi connectivity index (χ1n) is 3.87. The summed E-state index contributed by atoms with van der Waals surface area (Å²) in [5.74, 6) is 0.664. The normalized spacial score (nSPS) is 41.7. The van der Waals surface area contributed by atoms with Crippen molar-refractivity contribution in [2.24, 2.45) is 5.92 Å². The Morgan fingerprint density at radius 2 is 2.27 bits per heavy atom. The highest BCUT2D eigenvalue weighted by Gasteiger charge is 2.37. The highest BCUT2D eigenvalue weighted by Crippen LogP contribution is 2.28. The average Bonchev–Trinajstić information content (AvgIpc) is 2.42. The highest BCUT2D eigenvalue weighted by molar-refractivity contribution is 5.85. The van der Waals surface area contributed by atoms with Crippen LogP contribution in [0.5, 0.6) is 0 Å². The van der Waals surface area contributed by atoms with E-state index in [4.69, 9.17) is 9.84 Å². The van der Waals surface area contributed by atoms with Gasteiger partial charge in [-0.2, -0.15) is 0 Å². The van der Waals surface area contributed by atoms with E-state index >= 15 is 0 Å². The molecule has 0 aliphatic carbocycles. The van der Waals surface area contributed by atoms with E-state index in [2.05, 4.69) is 5.32 Å². The third-order valence-corrected chi connectivity index (χ3v) is 2.41. The lowest BCUT2D eigenvalue weighted by molar-refractivity contribution is 0.0145. The highest BCUT2D eigenvalue weighted by atomic mass is 35.5. The molecule has 0 aromatic carbocycles. The van der Waals surface area contributed by atoms with Crippen LogP contribution < -0.4 is 5.32 Å². The Balaban J connectivity index is 0.000000605. The topological polar surface area (TPSA) is 41.5 Å². The van der Waals surface area contributed by atoms with Gasteiger partial charge in [0.25, 0.3) is 0 Å². The monoisotopic (exact) mass is 179 g/mol. The molecule has 2 heterocycles. The van der Waals surface area contributed by atoms with E-state index in [1.54, 1.807) is 0 Å². The number of aliphatic hydroxyl groups excluding tert-OH is 1. The smallest absolute Gasteiger partial charge is 0.0814 e. The molecule has 2 N–H and O–H groups in total. The Morgan fingerprint density at radius 3 is 2.91 bits per heavy atom. The van der Waals surface area contributed by atoms with E-state index in [0.717, 1.165) is 19.5 Å². The summed E-state index contributed by atoms with van der Waals surface area (Å²) in [6.45, 7) is 2.23. The van der Waals surface area contributed by atoms with E-state index in [1.165, 1.54) is 0 Å². The second-order valence-electron chi connectivity index (χ2n) is 3.13. The molecule has 2 aliphatic rings. The number of ether oxygens (including phenoxy) is 1. The number of aliphatic hydroxyl groups is 1. The van der Waals surface area contributed by atoms with Crippen molar-refractivity contribution in [3.05, 3.63) is 0 Å². The second-order valence-corrected chi connectivity index (χ2v) is 3.13. The first-order valence-corrected chi connectivity index (χ1v) is 3.87. The number of fused-ring (bicyclic) bond motifs is 1. The molecule has 3 nitrogen and oxygen atoms in total. The van der Waals surface area contributed by atoms with E-state index in [9.17, 15) is 0 Å². The predicted octanol–water partition coefficient (Wildman–Crippen LogP) is -0.223. The maximum atomic E-state index is 8.78. The molecule has 0 spiro atoms. The Kier molecular flexibility index (Phi) is 3.13. The van der Waals surface area contributed by atoms with Crippen LogP contribution in [0.3, 0.4) is 0 Å². The molecule has 0 bridgehead atoms. The van der Waals surface area contributed by atoms with Gasteiger partial charge in [-0.1, -0.05) is 0 Å². The summed E-state index contributed by atoms with van der Waals surface area (Å²) in [6, 6.07) is 0. The van der Waals surface area contributed by atoms with Crippen LogP contribution in [-0.4, -0.2) is 37.0 Å². The van der Waals surface area contributed by atoms with Gasteiger partial charge < -0.3 is 15.2 Å². The van der Waals surface area contributed by atoms with Crippen LogP contribution in [0.4, 0.5) is 0 Å². The quantitative estimate of drug-likeness (QED) is 0.585. The molecule has 0 saturated carbocycles. The van der Waals surface area contributed by atoms with Crippen LogP contribution >= 0.6 is 12.4 Å². The van der Waals surface area contributed by atoms with Gasteiger partial charge in [0.05, 0.1) is 18.8 Å². The van der Waals surface area contributed by atoms with Crippen LogP contribution in [-0.2, 0) is 4.74 Å². The van der Waals surface area contributed by atoms with Gasteiger partial charge >= 0.3 is 0 Å². The van der Waals surface area contributed by atoms with Gasteiger partial charge in [-0.15, -0.1) is 12.4 Å². The maximum absolute atomic E-state index is 8.78. The number of nitrogens with one attached hydrogen (secondary N) is 1. The first kappa shape index (κ1) is 9.26. The molecule has 0 aromatic heterocycles. The number of rotatable bonds is 1. The summed E-state index contributed by atoms with van der Waals surface area (Å²) in [5.41, 5.74) is 0. The molecule has 2 fully saturated rings. The van der Waals surface area contributed by atoms with Crippen LogP contribution in [0.15, 0.2) is 0 Å². The molecule has 0 radical (unpaired) electrons. The molecular weight excluding hydrogens is 166 g/mol. The average molecular weight is 180 g/mol. The Hall–Kier alpha value is 0.170. The molecule has 3 unspecified atom stereocenters. The fourth-order valence-corrected chi connectivity index (χ4v) is 1.86. The summed E-state index contributed by atoms with van der Waals surface area (Å²) >= 11 is 0. The molecule has 2 rings (SSSR count). The van der Waals surface area contributed by atoms with Crippen LogP contribution in [0.25, 0.3) is 0 Å². The standard InChI is InChI=1S/C7H13NO2.ClH/c9-4-6-1-5-2-8-3-7(5)10-6;/h5-9H,1-4H2;1H.